The molecule has 0 aliphatic rings. The summed E-state index contributed by atoms with van der Waals surface area (Å²) in [7, 11) is -4.13. The number of hydrogen-bond acceptors (Lipinski definition) is 6. The molecule has 3 aromatic rings. The fourth-order valence-electron chi connectivity index (χ4n) is 1.97. The molecule has 0 atom stereocenters. The molecule has 0 amide bonds. The van der Waals surface area contributed by atoms with Crippen LogP contribution in [0.1, 0.15) is 10.8 Å². The molecule has 24 heavy (non-hydrogen) atoms. The van der Waals surface area contributed by atoms with Crippen molar-refractivity contribution in [3.8, 4) is 10.8 Å². The predicted octanol–water partition coefficient (Wildman–Crippen LogP) is 3.49. The third-order valence-corrected chi connectivity index (χ3v) is 5.43. The fraction of sp³-hybridized carbons (Fsp3) is 0.143. The van der Waals surface area contributed by atoms with Crippen LogP contribution >= 0.6 is 11.3 Å². The van der Waals surface area contributed by atoms with E-state index in [4.69, 9.17) is 4.42 Å². The molecule has 0 saturated heterocycles. The summed E-state index contributed by atoms with van der Waals surface area (Å²) >= 11 is 1.25. The van der Waals surface area contributed by atoms with Gasteiger partial charge in [-0.25, -0.2) is 17.2 Å². The molecule has 3 rings (SSSR count). The Bertz CT molecular complexity index is 992. The zero-order valence-electron chi connectivity index (χ0n) is 12.5. The number of anilines is 1. The molecule has 6 nitrogen and oxygen atoms in total. The minimum Gasteiger partial charge on any atom is -0.420 e. The largest absolute Gasteiger partial charge is 0.420 e. The molecule has 0 spiro atoms. The zero-order valence-corrected chi connectivity index (χ0v) is 14.1. The topological polar surface area (TPSA) is 85.1 Å². The van der Waals surface area contributed by atoms with Gasteiger partial charge in [-0.3, -0.25) is 4.72 Å². The number of nitrogens with one attached hydrogen (secondary N) is 1. The lowest BCUT2D eigenvalue weighted by Gasteiger charge is -2.07. The van der Waals surface area contributed by atoms with Gasteiger partial charge in [0, 0.05) is 17.9 Å². The van der Waals surface area contributed by atoms with Crippen molar-refractivity contribution in [2.75, 3.05) is 4.72 Å². The molecule has 1 N–H and O–H groups in total. The Labute approximate surface area is 140 Å². The van der Waals surface area contributed by atoms with Gasteiger partial charge in [0.1, 0.15) is 11.6 Å². The number of sulfonamides is 1. The molecule has 0 fully saturated rings. The molecule has 1 aromatic carbocycles. The number of halogens is 2. The van der Waals surface area contributed by atoms with Gasteiger partial charge >= 0.3 is 0 Å². The third kappa shape index (κ3) is 3.29. The fourth-order valence-corrected chi connectivity index (χ4v) is 4.09. The average molecular weight is 371 g/mol. The van der Waals surface area contributed by atoms with Crippen LogP contribution in [0.3, 0.4) is 0 Å². The van der Waals surface area contributed by atoms with Gasteiger partial charge in [0.25, 0.3) is 15.9 Å². The number of aryl methyl sites for hydroxylation is 2. The first-order chi connectivity index (χ1) is 11.2. The van der Waals surface area contributed by atoms with Gasteiger partial charge in [0.15, 0.2) is 0 Å². The van der Waals surface area contributed by atoms with Crippen molar-refractivity contribution in [3.05, 3.63) is 46.7 Å². The summed E-state index contributed by atoms with van der Waals surface area (Å²) in [6.45, 7) is 3.33. The van der Waals surface area contributed by atoms with Crippen molar-refractivity contribution in [2.24, 2.45) is 0 Å². The molecule has 0 bridgehead atoms. The van der Waals surface area contributed by atoms with E-state index in [9.17, 15) is 17.2 Å². The van der Waals surface area contributed by atoms with E-state index in [-0.39, 0.29) is 11.6 Å². The minimum absolute atomic E-state index is 0.267. The maximum Gasteiger partial charge on any atom is 0.262 e. The summed E-state index contributed by atoms with van der Waals surface area (Å²) < 4.78 is 58.7. The van der Waals surface area contributed by atoms with E-state index in [0.29, 0.717) is 21.7 Å². The summed E-state index contributed by atoms with van der Waals surface area (Å²) in [5.74, 6) is -1.30. The molecule has 2 aromatic heterocycles. The summed E-state index contributed by atoms with van der Waals surface area (Å²) in [5, 5.41) is 7.58. The van der Waals surface area contributed by atoms with Crippen LogP contribution in [0.5, 0.6) is 0 Å². The maximum absolute atomic E-state index is 13.2. The molecule has 0 aliphatic carbocycles. The number of benzene rings is 1. The van der Waals surface area contributed by atoms with E-state index in [1.807, 2.05) is 0 Å². The molecule has 2 heterocycles. The molecule has 126 valence electrons. The lowest BCUT2D eigenvalue weighted by atomic mass is 10.3. The Morgan fingerprint density at radius 1 is 1.08 bits per heavy atom. The normalized spacial score (nSPS) is 11.7. The van der Waals surface area contributed by atoms with E-state index in [2.05, 4.69) is 14.9 Å². The number of hydrogen-bond donors (Lipinski definition) is 1. The van der Waals surface area contributed by atoms with Crippen molar-refractivity contribution in [2.45, 2.75) is 18.7 Å². The van der Waals surface area contributed by atoms with Crippen LogP contribution in [0.25, 0.3) is 10.8 Å². The van der Waals surface area contributed by atoms with E-state index in [1.165, 1.54) is 17.4 Å². The highest BCUT2D eigenvalue weighted by molar-refractivity contribution is 7.92. The van der Waals surface area contributed by atoms with Crippen molar-refractivity contribution in [1.29, 1.82) is 0 Å². The van der Waals surface area contributed by atoms with Crippen LogP contribution in [0.15, 0.2) is 33.6 Å². The SMILES string of the molecule is Cc1nnc(-c2cc(NS(=O)(=O)c3cc(F)cc(F)c3)c(C)s2)o1. The van der Waals surface area contributed by atoms with Gasteiger partial charge in [-0.1, -0.05) is 0 Å². The second kappa shape index (κ2) is 5.95. The Hall–Kier alpha value is -2.33. The van der Waals surface area contributed by atoms with Gasteiger partial charge in [0.2, 0.25) is 5.89 Å². The smallest absolute Gasteiger partial charge is 0.262 e. The van der Waals surface area contributed by atoms with E-state index < -0.39 is 26.6 Å². The monoisotopic (exact) mass is 371 g/mol. The van der Waals surface area contributed by atoms with Gasteiger partial charge < -0.3 is 4.42 Å². The highest BCUT2D eigenvalue weighted by atomic mass is 32.2. The van der Waals surface area contributed by atoms with Crippen LogP contribution < -0.4 is 4.72 Å². The number of thiophene rings is 1. The molecule has 0 saturated carbocycles. The van der Waals surface area contributed by atoms with E-state index in [0.717, 1.165) is 12.1 Å². The van der Waals surface area contributed by atoms with Crippen molar-refractivity contribution in [1.82, 2.24) is 10.2 Å². The minimum atomic E-state index is -4.13. The van der Waals surface area contributed by atoms with Crippen LogP contribution in [-0.2, 0) is 10.0 Å². The number of nitrogens with zero attached hydrogens (tertiary/aromatic N) is 2. The highest BCUT2D eigenvalue weighted by Crippen LogP contribution is 2.34. The van der Waals surface area contributed by atoms with Crippen molar-refractivity contribution >= 4 is 27.0 Å². The summed E-state index contributed by atoms with van der Waals surface area (Å²) in [4.78, 5) is 0.721. The predicted molar refractivity (Wildman–Crippen MR) is 84.3 cm³/mol. The second-order valence-electron chi connectivity index (χ2n) is 4.92. The van der Waals surface area contributed by atoms with Crippen LogP contribution in [-0.4, -0.2) is 18.6 Å². The molecule has 0 radical (unpaired) electrons. The first-order valence-electron chi connectivity index (χ1n) is 6.64. The van der Waals surface area contributed by atoms with Crippen molar-refractivity contribution < 1.29 is 21.6 Å². The average Bonchev–Trinajstić information content (AvgIpc) is 3.04. The Kier molecular flexibility index (Phi) is 4.10. The van der Waals surface area contributed by atoms with Gasteiger partial charge in [-0.05, 0) is 25.1 Å². The maximum atomic E-state index is 13.2. The molecular formula is C14H11F2N3O3S2. The van der Waals surface area contributed by atoms with Crippen LogP contribution in [0.2, 0.25) is 0 Å². The third-order valence-electron chi connectivity index (χ3n) is 3.05. The summed E-state index contributed by atoms with van der Waals surface area (Å²) in [5.41, 5.74) is 0.274. The Balaban J connectivity index is 1.94. The molecule has 0 aliphatic heterocycles. The second-order valence-corrected chi connectivity index (χ2v) is 7.86. The first kappa shape index (κ1) is 16.5. The molecular weight excluding hydrogens is 360 g/mol. The van der Waals surface area contributed by atoms with E-state index in [1.54, 1.807) is 13.8 Å². The van der Waals surface area contributed by atoms with Crippen LogP contribution in [0.4, 0.5) is 14.5 Å². The Morgan fingerprint density at radius 3 is 2.33 bits per heavy atom. The first-order valence-corrected chi connectivity index (χ1v) is 8.94. The zero-order chi connectivity index (χ0) is 17.5. The summed E-state index contributed by atoms with van der Waals surface area (Å²) in [6, 6.07) is 3.62. The quantitative estimate of drug-likeness (QED) is 0.759. The number of aromatic nitrogens is 2. The molecule has 10 heteroatoms. The van der Waals surface area contributed by atoms with Gasteiger partial charge in [-0.2, -0.15) is 0 Å². The van der Waals surface area contributed by atoms with Gasteiger partial charge in [0.05, 0.1) is 15.5 Å². The van der Waals surface area contributed by atoms with Crippen LogP contribution in [0, 0.1) is 25.5 Å². The summed E-state index contributed by atoms with van der Waals surface area (Å²) in [6.07, 6.45) is 0. The van der Waals surface area contributed by atoms with Gasteiger partial charge in [-0.15, -0.1) is 21.5 Å². The number of rotatable bonds is 4. The standard InChI is InChI=1S/C14H11F2N3O3S2/c1-7-12(6-13(23-7)14-18-17-8(2)22-14)19-24(20,21)11-4-9(15)3-10(16)5-11/h3-6,19H,1-2H3. The lowest BCUT2D eigenvalue weighted by Crippen LogP contribution is -2.13. The molecule has 0 unspecified atom stereocenters. The van der Waals surface area contributed by atoms with Crippen molar-refractivity contribution in [3.63, 3.8) is 0 Å². The van der Waals surface area contributed by atoms with E-state index >= 15 is 0 Å². The lowest BCUT2D eigenvalue weighted by molar-refractivity contribution is 0.534. The highest BCUT2D eigenvalue weighted by Gasteiger charge is 2.20. The Morgan fingerprint density at radius 2 is 1.75 bits per heavy atom.